The number of hydrogen-bond acceptors (Lipinski definition) is 2. The summed E-state index contributed by atoms with van der Waals surface area (Å²) in [5.74, 6) is 0.630. The van der Waals surface area contributed by atoms with Gasteiger partial charge in [-0.15, -0.1) is 0 Å². The van der Waals surface area contributed by atoms with Crippen LogP contribution in [0.5, 0.6) is 0 Å². The fourth-order valence-electron chi connectivity index (χ4n) is 1.70. The molecule has 0 spiro atoms. The molecule has 0 aliphatic carbocycles. The molecule has 2 heteroatoms. The fraction of sp³-hybridized carbons (Fsp3) is 0.615. The van der Waals surface area contributed by atoms with E-state index in [2.05, 4.69) is 24.9 Å². The second-order valence-corrected chi connectivity index (χ2v) is 4.70. The van der Waals surface area contributed by atoms with Crippen LogP contribution in [0.15, 0.2) is 12.3 Å². The van der Waals surface area contributed by atoms with Gasteiger partial charge in [-0.05, 0) is 43.7 Å². The molecule has 0 aromatic carbocycles. The Morgan fingerprint density at radius 3 is 2.47 bits per heavy atom. The van der Waals surface area contributed by atoms with Crippen molar-refractivity contribution >= 4 is 0 Å². The van der Waals surface area contributed by atoms with E-state index in [1.54, 1.807) is 0 Å². The van der Waals surface area contributed by atoms with E-state index in [4.69, 9.17) is 0 Å². The predicted octanol–water partition coefficient (Wildman–Crippen LogP) is 3.17. The monoisotopic (exact) mass is 207 g/mol. The minimum absolute atomic E-state index is 0.409. The first-order valence-corrected chi connectivity index (χ1v) is 5.62. The van der Waals surface area contributed by atoms with Crippen LogP contribution in [0.3, 0.4) is 0 Å². The summed E-state index contributed by atoms with van der Waals surface area (Å²) in [5.41, 5.74) is 3.07. The van der Waals surface area contributed by atoms with Crippen LogP contribution in [0.25, 0.3) is 0 Å². The third-order valence-corrected chi connectivity index (χ3v) is 2.59. The van der Waals surface area contributed by atoms with Crippen LogP contribution in [-0.2, 0) is 0 Å². The molecule has 0 amide bonds. The summed E-state index contributed by atoms with van der Waals surface area (Å²) < 4.78 is 0. The normalized spacial score (nSPS) is 13.2. The largest absolute Gasteiger partial charge is 0.387 e. The Morgan fingerprint density at radius 1 is 1.27 bits per heavy atom. The van der Waals surface area contributed by atoms with Crippen LogP contribution in [-0.4, -0.2) is 10.1 Å². The zero-order chi connectivity index (χ0) is 11.4. The Labute approximate surface area is 92.4 Å². The third kappa shape index (κ3) is 3.63. The summed E-state index contributed by atoms with van der Waals surface area (Å²) >= 11 is 0. The maximum Gasteiger partial charge on any atom is 0.0962 e. The molecule has 0 radical (unpaired) electrons. The van der Waals surface area contributed by atoms with Crippen molar-refractivity contribution in [1.29, 1.82) is 0 Å². The van der Waals surface area contributed by atoms with E-state index in [0.29, 0.717) is 5.92 Å². The van der Waals surface area contributed by atoms with E-state index in [0.717, 1.165) is 29.7 Å². The molecule has 1 aromatic heterocycles. The molecule has 1 rings (SSSR count). The van der Waals surface area contributed by atoms with Gasteiger partial charge in [-0.2, -0.15) is 0 Å². The van der Waals surface area contributed by atoms with Gasteiger partial charge in [0.15, 0.2) is 0 Å². The third-order valence-electron chi connectivity index (χ3n) is 2.59. The lowest BCUT2D eigenvalue weighted by Crippen LogP contribution is -2.05. The van der Waals surface area contributed by atoms with Crippen LogP contribution in [0.4, 0.5) is 0 Å². The molecule has 0 saturated heterocycles. The zero-order valence-corrected chi connectivity index (χ0v) is 10.1. The van der Waals surface area contributed by atoms with Gasteiger partial charge >= 0.3 is 0 Å². The molecule has 0 saturated carbocycles. The number of aryl methyl sites for hydroxylation is 2. The van der Waals surface area contributed by atoms with Crippen LogP contribution in [0.2, 0.25) is 0 Å². The summed E-state index contributed by atoms with van der Waals surface area (Å²) in [7, 11) is 0. The average Bonchev–Trinajstić information content (AvgIpc) is 2.14. The molecular weight excluding hydrogens is 186 g/mol. The molecule has 1 unspecified atom stereocenters. The number of hydrogen-bond donors (Lipinski definition) is 1. The SMILES string of the molecule is Cc1cnc(C(O)CCC(C)C)c(C)c1. The first-order valence-electron chi connectivity index (χ1n) is 5.62. The van der Waals surface area contributed by atoms with Crippen molar-refractivity contribution in [2.45, 2.75) is 46.6 Å². The van der Waals surface area contributed by atoms with E-state index in [-0.39, 0.29) is 0 Å². The van der Waals surface area contributed by atoms with Crippen molar-refractivity contribution in [2.75, 3.05) is 0 Å². The van der Waals surface area contributed by atoms with Crippen LogP contribution in [0.1, 0.15) is 49.6 Å². The number of rotatable bonds is 4. The molecule has 15 heavy (non-hydrogen) atoms. The van der Waals surface area contributed by atoms with E-state index < -0.39 is 6.10 Å². The fourth-order valence-corrected chi connectivity index (χ4v) is 1.70. The molecular formula is C13H21NO. The van der Waals surface area contributed by atoms with Crippen LogP contribution < -0.4 is 0 Å². The summed E-state index contributed by atoms with van der Waals surface area (Å²) in [4.78, 5) is 4.31. The molecule has 0 fully saturated rings. The van der Waals surface area contributed by atoms with Crippen LogP contribution >= 0.6 is 0 Å². The van der Waals surface area contributed by atoms with Crippen molar-refractivity contribution in [3.8, 4) is 0 Å². The summed E-state index contributed by atoms with van der Waals surface area (Å²) in [5, 5.41) is 9.98. The molecule has 1 atom stereocenters. The molecule has 1 heterocycles. The summed E-state index contributed by atoms with van der Waals surface area (Å²) in [6.45, 7) is 8.36. The van der Waals surface area contributed by atoms with Crippen molar-refractivity contribution in [1.82, 2.24) is 4.98 Å². The van der Waals surface area contributed by atoms with Crippen LogP contribution in [0, 0.1) is 19.8 Å². The number of aliphatic hydroxyl groups excluding tert-OH is 1. The van der Waals surface area contributed by atoms with Gasteiger partial charge < -0.3 is 5.11 Å². The lowest BCUT2D eigenvalue weighted by atomic mass is 10.0. The smallest absolute Gasteiger partial charge is 0.0962 e. The highest BCUT2D eigenvalue weighted by Gasteiger charge is 2.12. The van der Waals surface area contributed by atoms with Gasteiger partial charge in [0.1, 0.15) is 0 Å². The summed E-state index contributed by atoms with van der Waals surface area (Å²) in [6, 6.07) is 2.07. The molecule has 0 bridgehead atoms. The predicted molar refractivity (Wildman–Crippen MR) is 62.7 cm³/mol. The molecule has 0 aliphatic heterocycles. The highest BCUT2D eigenvalue weighted by atomic mass is 16.3. The molecule has 2 nitrogen and oxygen atoms in total. The van der Waals surface area contributed by atoms with E-state index >= 15 is 0 Å². The van der Waals surface area contributed by atoms with Gasteiger partial charge in [0.05, 0.1) is 11.8 Å². The second kappa shape index (κ2) is 5.26. The molecule has 1 N–H and O–H groups in total. The first-order chi connectivity index (χ1) is 7.00. The number of nitrogens with zero attached hydrogens (tertiary/aromatic N) is 1. The minimum atomic E-state index is -0.409. The Bertz CT molecular complexity index is 320. The highest BCUT2D eigenvalue weighted by Crippen LogP contribution is 2.22. The first kappa shape index (κ1) is 12.2. The standard InChI is InChI=1S/C13H21NO/c1-9(2)5-6-12(15)13-11(4)7-10(3)8-14-13/h7-9,12,15H,5-6H2,1-4H3. The Kier molecular flexibility index (Phi) is 4.28. The van der Waals surface area contributed by atoms with Gasteiger partial charge in [0.25, 0.3) is 0 Å². The lowest BCUT2D eigenvalue weighted by molar-refractivity contribution is 0.154. The van der Waals surface area contributed by atoms with E-state index in [1.165, 1.54) is 0 Å². The Balaban J connectivity index is 2.69. The topological polar surface area (TPSA) is 33.1 Å². The number of aromatic nitrogens is 1. The average molecular weight is 207 g/mol. The highest BCUT2D eigenvalue weighted by molar-refractivity contribution is 5.24. The Hall–Kier alpha value is -0.890. The molecule has 0 aliphatic rings. The Morgan fingerprint density at radius 2 is 1.93 bits per heavy atom. The molecule has 1 aromatic rings. The maximum atomic E-state index is 9.98. The van der Waals surface area contributed by atoms with Gasteiger partial charge in [-0.25, -0.2) is 0 Å². The van der Waals surface area contributed by atoms with Gasteiger partial charge in [0.2, 0.25) is 0 Å². The quantitative estimate of drug-likeness (QED) is 0.822. The zero-order valence-electron chi connectivity index (χ0n) is 10.1. The van der Waals surface area contributed by atoms with E-state index in [9.17, 15) is 5.11 Å². The lowest BCUT2D eigenvalue weighted by Gasteiger charge is -2.14. The van der Waals surface area contributed by atoms with Crippen molar-refractivity contribution in [2.24, 2.45) is 5.92 Å². The van der Waals surface area contributed by atoms with Gasteiger partial charge in [-0.1, -0.05) is 19.9 Å². The molecule has 84 valence electrons. The van der Waals surface area contributed by atoms with E-state index in [1.807, 2.05) is 20.0 Å². The summed E-state index contributed by atoms with van der Waals surface area (Å²) in [6.07, 6.45) is 3.25. The van der Waals surface area contributed by atoms with Crippen molar-refractivity contribution in [3.63, 3.8) is 0 Å². The number of pyridine rings is 1. The maximum absolute atomic E-state index is 9.98. The minimum Gasteiger partial charge on any atom is -0.387 e. The van der Waals surface area contributed by atoms with Crippen molar-refractivity contribution < 1.29 is 5.11 Å². The van der Waals surface area contributed by atoms with Crippen molar-refractivity contribution in [3.05, 3.63) is 29.1 Å². The number of aliphatic hydroxyl groups is 1. The van der Waals surface area contributed by atoms with Gasteiger partial charge in [-0.3, -0.25) is 4.98 Å². The van der Waals surface area contributed by atoms with Gasteiger partial charge in [0, 0.05) is 6.20 Å². The second-order valence-electron chi connectivity index (χ2n) is 4.70.